The molecular weight excluding hydrogens is 348 g/mol. The Hall–Kier alpha value is -0.116. The maximum absolute atomic E-state index is 2.75. The van der Waals surface area contributed by atoms with Crippen LogP contribution in [0, 0.1) is 0 Å². The topological polar surface area (TPSA) is 4.93 Å². The van der Waals surface area contributed by atoms with Crippen molar-refractivity contribution in [2.75, 3.05) is 0 Å². The third-order valence-corrected chi connectivity index (χ3v) is 8.46. The molecule has 0 atom stereocenters. The zero-order valence-electron chi connectivity index (χ0n) is 13.3. The second-order valence-corrected chi connectivity index (χ2v) is 22.3. The first-order valence-electron chi connectivity index (χ1n) is 8.41. The van der Waals surface area contributed by atoms with Crippen molar-refractivity contribution in [3.63, 3.8) is 0 Å². The van der Waals surface area contributed by atoms with Crippen LogP contribution in [0.4, 0.5) is 0 Å². The minimum absolute atomic E-state index is 0.848. The summed E-state index contributed by atoms with van der Waals surface area (Å²) in [6.45, 7) is 0.848. The van der Waals surface area contributed by atoms with Gasteiger partial charge in [-0.15, -0.1) is 0 Å². The number of rotatable bonds is 3. The predicted molar refractivity (Wildman–Crippen MR) is 93.0 cm³/mol. The zero-order chi connectivity index (χ0) is 14.2. The molecule has 0 unspecified atom stereocenters. The van der Waals surface area contributed by atoms with Crippen molar-refractivity contribution in [3.05, 3.63) is 28.6 Å². The van der Waals surface area contributed by atoms with Crippen molar-refractivity contribution in [2.45, 2.75) is 65.0 Å². The van der Waals surface area contributed by atoms with E-state index in [1.807, 2.05) is 0 Å². The molecule has 2 aliphatic heterocycles. The van der Waals surface area contributed by atoms with Crippen LogP contribution < -0.4 is 0 Å². The molecule has 0 aromatic carbocycles. The van der Waals surface area contributed by atoms with Gasteiger partial charge in [0, 0.05) is 0 Å². The summed E-state index contributed by atoms with van der Waals surface area (Å²) >= 11 is -1.93. The molecule has 0 N–H and O–H groups in total. The molecule has 3 rings (SSSR count). The van der Waals surface area contributed by atoms with Crippen LogP contribution in [0.2, 0.25) is 26.5 Å². The molecule has 2 bridgehead atoms. The first kappa shape index (κ1) is 14.8. The molecule has 0 saturated carbocycles. The average Bonchev–Trinajstić information content (AvgIpc) is 2.87. The van der Waals surface area contributed by atoms with Crippen molar-refractivity contribution < 1.29 is 0 Å². The van der Waals surface area contributed by atoms with Gasteiger partial charge >= 0.3 is 129 Å². The fourth-order valence-electron chi connectivity index (χ4n) is 4.45. The van der Waals surface area contributed by atoms with E-state index < -0.39 is 18.4 Å². The van der Waals surface area contributed by atoms with Gasteiger partial charge in [-0.05, 0) is 0 Å². The Kier molecular flexibility index (Phi) is 4.40. The molecule has 3 heteroatoms. The van der Waals surface area contributed by atoms with Crippen LogP contribution in [-0.2, 0) is 0 Å². The van der Waals surface area contributed by atoms with Crippen molar-refractivity contribution >= 4 is 30.7 Å². The standard InChI is InChI=1S/C14H19BN.3CH3.Sn/c1-12(16-10-2-3-11-16)15-13-6-4-7-14(15)9-5-8-13;;;;/h1-3,10-11,13-14H,4-9H2;3*1H3;. The quantitative estimate of drug-likeness (QED) is 0.627. The summed E-state index contributed by atoms with van der Waals surface area (Å²) in [4.78, 5) is 7.62. The van der Waals surface area contributed by atoms with Gasteiger partial charge in [0.15, 0.2) is 0 Å². The third kappa shape index (κ3) is 3.20. The molecule has 0 aliphatic carbocycles. The number of hydrogen-bond donors (Lipinski definition) is 0. The first-order chi connectivity index (χ1) is 9.54. The van der Waals surface area contributed by atoms with Gasteiger partial charge in [0.25, 0.3) is 0 Å². The van der Waals surface area contributed by atoms with E-state index in [9.17, 15) is 0 Å². The van der Waals surface area contributed by atoms with Crippen LogP contribution in [0.15, 0.2) is 28.6 Å². The molecule has 20 heavy (non-hydrogen) atoms. The zero-order valence-corrected chi connectivity index (χ0v) is 16.2. The summed E-state index contributed by atoms with van der Waals surface area (Å²) in [5, 5.41) is 0. The maximum atomic E-state index is 2.75. The molecule has 2 saturated heterocycles. The van der Waals surface area contributed by atoms with E-state index in [1.165, 1.54) is 38.5 Å². The van der Waals surface area contributed by atoms with E-state index in [4.69, 9.17) is 0 Å². The van der Waals surface area contributed by atoms with E-state index in [-0.39, 0.29) is 0 Å². The minimum atomic E-state index is -1.93. The summed E-state index contributed by atoms with van der Waals surface area (Å²) in [6, 6.07) is 4.37. The van der Waals surface area contributed by atoms with E-state index >= 15 is 0 Å². The third-order valence-electron chi connectivity index (χ3n) is 5.14. The van der Waals surface area contributed by atoms with Crippen molar-refractivity contribution in [2.24, 2.45) is 0 Å². The van der Waals surface area contributed by atoms with Gasteiger partial charge in [0.05, 0.1) is 0 Å². The van der Waals surface area contributed by atoms with Crippen LogP contribution in [-0.4, -0.2) is 29.7 Å². The van der Waals surface area contributed by atoms with Crippen molar-refractivity contribution in [1.29, 1.82) is 0 Å². The van der Waals surface area contributed by atoms with E-state index in [0.717, 1.165) is 18.3 Å². The van der Waals surface area contributed by atoms with Gasteiger partial charge in [0.2, 0.25) is 0 Å². The van der Waals surface area contributed by atoms with Gasteiger partial charge in [-0.25, -0.2) is 0 Å². The normalized spacial score (nSPS) is 27.8. The molecule has 0 amide bonds. The molecular formula is C17H28BNSn. The molecule has 0 radical (unpaired) electrons. The molecule has 2 aliphatic rings. The second-order valence-electron chi connectivity index (χ2n) is 7.93. The SMILES string of the molecule is [CH3][Sn]([CH3])([CH3])/[CH]=C(\B1C2CCCC1CCC2)n1cccc1. The number of aromatic nitrogens is 1. The number of hydrogen-bond acceptors (Lipinski definition) is 0. The summed E-state index contributed by atoms with van der Waals surface area (Å²) < 4.78 is 5.19. The van der Waals surface area contributed by atoms with E-state index in [1.54, 1.807) is 5.60 Å². The number of fused-ring (bicyclic) bond motifs is 2. The van der Waals surface area contributed by atoms with E-state index in [0.29, 0.717) is 0 Å². The molecule has 0 spiro atoms. The molecule has 108 valence electrons. The Morgan fingerprint density at radius 1 is 1.00 bits per heavy atom. The summed E-state index contributed by atoms with van der Waals surface area (Å²) in [7, 11) is 0. The van der Waals surface area contributed by atoms with Gasteiger partial charge < -0.3 is 0 Å². The average molecular weight is 376 g/mol. The van der Waals surface area contributed by atoms with Crippen LogP contribution in [0.5, 0.6) is 0 Å². The summed E-state index contributed by atoms with van der Waals surface area (Å²) in [6.07, 6.45) is 13.4. The summed E-state index contributed by atoms with van der Waals surface area (Å²) in [5.74, 6) is 1.93. The van der Waals surface area contributed by atoms with Crippen molar-refractivity contribution in [1.82, 2.24) is 4.57 Å². The van der Waals surface area contributed by atoms with Crippen LogP contribution in [0.3, 0.4) is 0 Å². The van der Waals surface area contributed by atoms with E-state index in [2.05, 4.69) is 48.0 Å². The number of nitrogens with zero attached hydrogens (tertiary/aromatic N) is 1. The predicted octanol–water partition coefficient (Wildman–Crippen LogP) is 5.35. The fourth-order valence-corrected chi connectivity index (χ4v) is 7.96. The first-order valence-corrected chi connectivity index (χ1v) is 18.6. The fraction of sp³-hybridized carbons (Fsp3) is 0.647. The molecule has 1 aromatic rings. The van der Waals surface area contributed by atoms with Gasteiger partial charge in [-0.1, -0.05) is 0 Å². The monoisotopic (exact) mass is 377 g/mol. The molecule has 1 nitrogen and oxygen atoms in total. The molecule has 3 heterocycles. The Morgan fingerprint density at radius 3 is 1.95 bits per heavy atom. The Morgan fingerprint density at radius 2 is 1.50 bits per heavy atom. The van der Waals surface area contributed by atoms with Crippen LogP contribution in [0.1, 0.15) is 38.5 Å². The second kappa shape index (κ2) is 5.94. The van der Waals surface area contributed by atoms with Gasteiger partial charge in [-0.3, -0.25) is 0 Å². The Bertz CT molecular complexity index is 450. The Balaban J connectivity index is 1.99. The molecule has 2 fully saturated rings. The molecule has 1 aromatic heterocycles. The Labute approximate surface area is 128 Å². The van der Waals surface area contributed by atoms with Gasteiger partial charge in [0.1, 0.15) is 0 Å². The van der Waals surface area contributed by atoms with Crippen LogP contribution >= 0.6 is 0 Å². The van der Waals surface area contributed by atoms with Crippen LogP contribution in [0.25, 0.3) is 5.60 Å². The summed E-state index contributed by atoms with van der Waals surface area (Å²) in [5.41, 5.74) is 1.67. The van der Waals surface area contributed by atoms with Gasteiger partial charge in [-0.2, -0.15) is 0 Å². The van der Waals surface area contributed by atoms with Crippen molar-refractivity contribution in [3.8, 4) is 0 Å².